The average molecular weight is 345 g/mol. The van der Waals surface area contributed by atoms with Crippen molar-refractivity contribution >= 4 is 5.91 Å². The number of halogens is 1. The molecule has 2 aromatic rings. The van der Waals surface area contributed by atoms with E-state index in [1.807, 2.05) is 17.9 Å². The number of nitrogens with zero attached hydrogens (tertiary/aromatic N) is 3. The maximum atomic E-state index is 13.2. The van der Waals surface area contributed by atoms with Gasteiger partial charge < -0.3 is 9.42 Å². The molecular weight excluding hydrogens is 321 g/mol. The Morgan fingerprint density at radius 2 is 2.04 bits per heavy atom. The molecule has 0 saturated carbocycles. The molecule has 25 heavy (non-hydrogen) atoms. The summed E-state index contributed by atoms with van der Waals surface area (Å²) in [6.07, 6.45) is 2.18. The van der Waals surface area contributed by atoms with Gasteiger partial charge in [0.1, 0.15) is 11.6 Å². The van der Waals surface area contributed by atoms with Gasteiger partial charge in [0.05, 0.1) is 12.1 Å². The lowest BCUT2D eigenvalue weighted by atomic mass is 10.1. The van der Waals surface area contributed by atoms with Crippen LogP contribution in [-0.2, 0) is 17.6 Å². The first-order valence-corrected chi connectivity index (χ1v) is 8.77. The maximum absolute atomic E-state index is 13.2. The zero-order chi connectivity index (χ0) is 17.6. The van der Waals surface area contributed by atoms with Crippen molar-refractivity contribution in [1.82, 2.24) is 15.0 Å². The zero-order valence-electron chi connectivity index (χ0n) is 14.6. The molecular formula is C19H24FN3O2. The maximum Gasteiger partial charge on any atom is 0.228 e. The van der Waals surface area contributed by atoms with Crippen LogP contribution in [0.25, 0.3) is 0 Å². The van der Waals surface area contributed by atoms with Crippen LogP contribution in [-0.4, -0.2) is 53.6 Å². The molecule has 1 amide bonds. The topological polar surface area (TPSA) is 49.6 Å². The SMILES string of the molecule is Cc1cc(CC(=O)N2CCN(CCCc3cccc(F)c3)CC2)no1. The molecule has 1 saturated heterocycles. The first-order valence-electron chi connectivity index (χ1n) is 8.77. The summed E-state index contributed by atoms with van der Waals surface area (Å²) in [4.78, 5) is 16.6. The van der Waals surface area contributed by atoms with Gasteiger partial charge in [0.2, 0.25) is 5.91 Å². The van der Waals surface area contributed by atoms with E-state index >= 15 is 0 Å². The predicted octanol–water partition coefficient (Wildman–Crippen LogP) is 2.44. The van der Waals surface area contributed by atoms with E-state index in [9.17, 15) is 9.18 Å². The molecule has 1 aliphatic heterocycles. The minimum Gasteiger partial charge on any atom is -0.361 e. The number of aromatic nitrogens is 1. The van der Waals surface area contributed by atoms with Gasteiger partial charge in [-0.05, 0) is 44.0 Å². The van der Waals surface area contributed by atoms with Crippen LogP contribution in [0.1, 0.15) is 23.4 Å². The summed E-state index contributed by atoms with van der Waals surface area (Å²) in [5.41, 5.74) is 1.73. The highest BCUT2D eigenvalue weighted by atomic mass is 19.1. The number of carbonyl (C=O) groups is 1. The van der Waals surface area contributed by atoms with Crippen LogP contribution < -0.4 is 0 Å². The predicted molar refractivity (Wildman–Crippen MR) is 92.7 cm³/mol. The molecule has 1 aromatic heterocycles. The van der Waals surface area contributed by atoms with E-state index in [2.05, 4.69) is 10.1 Å². The number of aryl methyl sites for hydroxylation is 2. The minimum atomic E-state index is -0.174. The number of hydrogen-bond acceptors (Lipinski definition) is 4. The lowest BCUT2D eigenvalue weighted by molar-refractivity contribution is -0.132. The molecule has 5 nitrogen and oxygen atoms in total. The molecule has 2 heterocycles. The number of carbonyl (C=O) groups excluding carboxylic acids is 1. The molecule has 0 atom stereocenters. The van der Waals surface area contributed by atoms with E-state index in [-0.39, 0.29) is 11.7 Å². The van der Waals surface area contributed by atoms with Gasteiger partial charge in [0.15, 0.2) is 0 Å². The van der Waals surface area contributed by atoms with Crippen LogP contribution in [0.3, 0.4) is 0 Å². The Bertz CT molecular complexity index is 708. The molecule has 0 radical (unpaired) electrons. The molecule has 3 rings (SSSR count). The summed E-state index contributed by atoms with van der Waals surface area (Å²) in [6.45, 7) is 6.05. The van der Waals surface area contributed by atoms with E-state index < -0.39 is 0 Å². The third-order valence-electron chi connectivity index (χ3n) is 4.56. The van der Waals surface area contributed by atoms with E-state index in [4.69, 9.17) is 4.52 Å². The highest BCUT2D eigenvalue weighted by Gasteiger charge is 2.21. The van der Waals surface area contributed by atoms with Crippen molar-refractivity contribution in [3.63, 3.8) is 0 Å². The van der Waals surface area contributed by atoms with Crippen molar-refractivity contribution in [3.8, 4) is 0 Å². The first kappa shape index (κ1) is 17.6. The Hall–Kier alpha value is -2.21. The standard InChI is InChI=1S/C19H24FN3O2/c1-15-12-18(21-25-15)14-19(24)23-10-8-22(9-11-23)7-3-5-16-4-2-6-17(20)13-16/h2,4,6,12-13H,3,5,7-11,14H2,1H3. The quantitative estimate of drug-likeness (QED) is 0.807. The van der Waals surface area contributed by atoms with Crippen LogP contribution >= 0.6 is 0 Å². The van der Waals surface area contributed by atoms with Crippen molar-refractivity contribution in [2.45, 2.75) is 26.2 Å². The summed E-state index contributed by atoms with van der Waals surface area (Å²) in [6, 6.07) is 8.60. The van der Waals surface area contributed by atoms with Gasteiger partial charge in [-0.3, -0.25) is 9.69 Å². The number of rotatable bonds is 6. The van der Waals surface area contributed by atoms with Crippen LogP contribution in [0.15, 0.2) is 34.9 Å². The van der Waals surface area contributed by atoms with Crippen molar-refractivity contribution in [3.05, 3.63) is 53.2 Å². The third kappa shape index (κ3) is 5.13. The van der Waals surface area contributed by atoms with E-state index in [0.717, 1.165) is 56.9 Å². The van der Waals surface area contributed by atoms with Crippen LogP contribution in [0.4, 0.5) is 4.39 Å². The average Bonchev–Trinajstić information content (AvgIpc) is 3.00. The van der Waals surface area contributed by atoms with Crippen molar-refractivity contribution in [2.75, 3.05) is 32.7 Å². The van der Waals surface area contributed by atoms with Crippen molar-refractivity contribution in [2.24, 2.45) is 0 Å². The normalized spacial score (nSPS) is 15.5. The Balaban J connectivity index is 1.37. The molecule has 1 aromatic carbocycles. The lowest BCUT2D eigenvalue weighted by Crippen LogP contribution is -2.49. The summed E-state index contributed by atoms with van der Waals surface area (Å²) < 4.78 is 18.2. The Kier molecular flexibility index (Phi) is 5.81. The van der Waals surface area contributed by atoms with E-state index in [0.29, 0.717) is 12.1 Å². The molecule has 0 bridgehead atoms. The molecule has 0 aliphatic carbocycles. The molecule has 0 N–H and O–H groups in total. The number of piperazine rings is 1. The second-order valence-electron chi connectivity index (χ2n) is 6.56. The molecule has 6 heteroatoms. The molecule has 0 spiro atoms. The smallest absolute Gasteiger partial charge is 0.228 e. The van der Waals surface area contributed by atoms with E-state index in [1.54, 1.807) is 18.2 Å². The molecule has 1 aliphatic rings. The second kappa shape index (κ2) is 8.25. The summed E-state index contributed by atoms with van der Waals surface area (Å²) in [7, 11) is 0. The zero-order valence-corrected chi connectivity index (χ0v) is 14.6. The van der Waals surface area contributed by atoms with Crippen molar-refractivity contribution < 1.29 is 13.7 Å². The third-order valence-corrected chi connectivity index (χ3v) is 4.56. The minimum absolute atomic E-state index is 0.104. The van der Waals surface area contributed by atoms with Gasteiger partial charge in [0.25, 0.3) is 0 Å². The highest BCUT2D eigenvalue weighted by Crippen LogP contribution is 2.10. The van der Waals surface area contributed by atoms with Crippen LogP contribution in [0.5, 0.6) is 0 Å². The molecule has 1 fully saturated rings. The Morgan fingerprint density at radius 1 is 1.24 bits per heavy atom. The second-order valence-corrected chi connectivity index (χ2v) is 6.56. The van der Waals surface area contributed by atoms with Gasteiger partial charge in [-0.1, -0.05) is 17.3 Å². The van der Waals surface area contributed by atoms with E-state index in [1.165, 1.54) is 6.07 Å². The first-order chi connectivity index (χ1) is 12.1. The van der Waals surface area contributed by atoms with Gasteiger partial charge in [-0.2, -0.15) is 0 Å². The van der Waals surface area contributed by atoms with Gasteiger partial charge in [0, 0.05) is 32.2 Å². The summed E-state index contributed by atoms with van der Waals surface area (Å²) >= 11 is 0. The Labute approximate surface area is 147 Å². The lowest BCUT2D eigenvalue weighted by Gasteiger charge is -2.34. The van der Waals surface area contributed by atoms with Gasteiger partial charge in [-0.25, -0.2) is 4.39 Å². The Morgan fingerprint density at radius 3 is 2.72 bits per heavy atom. The fraction of sp³-hybridized carbons (Fsp3) is 0.474. The monoisotopic (exact) mass is 345 g/mol. The molecule has 134 valence electrons. The van der Waals surface area contributed by atoms with Crippen LogP contribution in [0, 0.1) is 12.7 Å². The fourth-order valence-corrected chi connectivity index (χ4v) is 3.19. The van der Waals surface area contributed by atoms with Gasteiger partial charge >= 0.3 is 0 Å². The van der Waals surface area contributed by atoms with Crippen LogP contribution in [0.2, 0.25) is 0 Å². The summed E-state index contributed by atoms with van der Waals surface area (Å²) in [5, 5.41) is 3.88. The van der Waals surface area contributed by atoms with Gasteiger partial charge in [-0.15, -0.1) is 0 Å². The number of amides is 1. The largest absolute Gasteiger partial charge is 0.361 e. The van der Waals surface area contributed by atoms with Crippen molar-refractivity contribution in [1.29, 1.82) is 0 Å². The summed E-state index contributed by atoms with van der Waals surface area (Å²) in [5.74, 6) is 0.658. The highest BCUT2D eigenvalue weighted by molar-refractivity contribution is 5.78. The number of benzene rings is 1. The molecule has 0 unspecified atom stereocenters. The number of hydrogen-bond donors (Lipinski definition) is 0. The fourth-order valence-electron chi connectivity index (χ4n) is 3.19.